The zero-order chi connectivity index (χ0) is 17.0. The van der Waals surface area contributed by atoms with Gasteiger partial charge in [-0.05, 0) is 43.9 Å². The van der Waals surface area contributed by atoms with Crippen molar-refractivity contribution in [1.82, 2.24) is 4.90 Å². The third kappa shape index (κ3) is 4.38. The minimum Gasteiger partial charge on any atom is -0.496 e. The number of halogens is 1. The summed E-state index contributed by atoms with van der Waals surface area (Å²) in [7, 11) is 3.34. The SMILES string of the molecule is COc1ccc(Cl)cc1CN(C)C(=O)C1CCC(C(=O)O)CC1. The van der Waals surface area contributed by atoms with Gasteiger partial charge in [0.25, 0.3) is 0 Å². The molecule has 126 valence electrons. The van der Waals surface area contributed by atoms with E-state index in [-0.39, 0.29) is 17.7 Å². The topological polar surface area (TPSA) is 66.8 Å². The predicted octanol–water partition coefficient (Wildman–Crippen LogP) is 3.20. The maximum absolute atomic E-state index is 12.6. The van der Waals surface area contributed by atoms with Gasteiger partial charge in [0.2, 0.25) is 5.91 Å². The standard InChI is InChI=1S/C17H22ClNO4/c1-19(10-13-9-14(18)7-8-15(13)23-2)16(20)11-3-5-12(6-4-11)17(21)22/h7-9,11-12H,3-6,10H2,1-2H3,(H,21,22). The monoisotopic (exact) mass is 339 g/mol. The third-order valence-corrected chi connectivity index (χ3v) is 4.69. The number of nitrogens with zero attached hydrogens (tertiary/aromatic N) is 1. The van der Waals surface area contributed by atoms with Crippen LogP contribution >= 0.6 is 11.6 Å². The van der Waals surface area contributed by atoms with E-state index >= 15 is 0 Å². The Bertz CT molecular complexity index is 582. The number of carbonyl (C=O) groups excluding carboxylic acids is 1. The molecule has 6 heteroatoms. The van der Waals surface area contributed by atoms with E-state index in [0.29, 0.717) is 43.0 Å². The number of hydrogen-bond donors (Lipinski definition) is 1. The first-order valence-corrected chi connectivity index (χ1v) is 8.10. The molecule has 0 spiro atoms. The lowest BCUT2D eigenvalue weighted by atomic mass is 9.81. The fourth-order valence-corrected chi connectivity index (χ4v) is 3.30. The summed E-state index contributed by atoms with van der Waals surface area (Å²) in [6.45, 7) is 0.418. The number of carboxylic acid groups (broad SMARTS) is 1. The van der Waals surface area contributed by atoms with Gasteiger partial charge in [-0.3, -0.25) is 9.59 Å². The first-order chi connectivity index (χ1) is 10.9. The Morgan fingerprint density at radius 2 is 1.87 bits per heavy atom. The molecule has 0 unspecified atom stereocenters. The van der Waals surface area contributed by atoms with Gasteiger partial charge in [0, 0.05) is 30.1 Å². The van der Waals surface area contributed by atoms with Gasteiger partial charge in [0.05, 0.1) is 13.0 Å². The van der Waals surface area contributed by atoms with Crippen LogP contribution in [-0.4, -0.2) is 36.0 Å². The van der Waals surface area contributed by atoms with E-state index in [1.54, 1.807) is 37.3 Å². The number of rotatable bonds is 5. The summed E-state index contributed by atoms with van der Waals surface area (Å²) >= 11 is 6.02. The van der Waals surface area contributed by atoms with Gasteiger partial charge in [-0.2, -0.15) is 0 Å². The lowest BCUT2D eigenvalue weighted by Gasteiger charge is -2.29. The molecule has 0 saturated heterocycles. The van der Waals surface area contributed by atoms with Gasteiger partial charge < -0.3 is 14.7 Å². The number of hydrogen-bond acceptors (Lipinski definition) is 3. The van der Waals surface area contributed by atoms with E-state index in [9.17, 15) is 9.59 Å². The Morgan fingerprint density at radius 1 is 1.26 bits per heavy atom. The van der Waals surface area contributed by atoms with Crippen molar-refractivity contribution in [2.24, 2.45) is 11.8 Å². The maximum Gasteiger partial charge on any atom is 0.306 e. The number of carbonyl (C=O) groups is 2. The Labute approximate surface area is 141 Å². The summed E-state index contributed by atoms with van der Waals surface area (Å²) in [6.07, 6.45) is 2.40. The summed E-state index contributed by atoms with van der Waals surface area (Å²) in [5, 5.41) is 9.63. The molecule has 2 rings (SSSR count). The maximum atomic E-state index is 12.6. The number of amides is 1. The Hall–Kier alpha value is -1.75. The first-order valence-electron chi connectivity index (χ1n) is 7.72. The molecular weight excluding hydrogens is 318 g/mol. The van der Waals surface area contributed by atoms with E-state index in [4.69, 9.17) is 21.4 Å². The normalized spacial score (nSPS) is 20.8. The van der Waals surface area contributed by atoms with Crippen LogP contribution in [0.25, 0.3) is 0 Å². The van der Waals surface area contributed by atoms with Crippen LogP contribution in [0.1, 0.15) is 31.2 Å². The molecule has 1 aliphatic carbocycles. The molecule has 1 saturated carbocycles. The molecule has 1 N–H and O–H groups in total. The second-order valence-corrected chi connectivity index (χ2v) is 6.47. The van der Waals surface area contributed by atoms with Gasteiger partial charge in [-0.1, -0.05) is 11.6 Å². The highest BCUT2D eigenvalue weighted by Gasteiger charge is 2.31. The molecular formula is C17H22ClNO4. The molecule has 23 heavy (non-hydrogen) atoms. The molecule has 1 aromatic rings. The van der Waals surface area contributed by atoms with Gasteiger partial charge >= 0.3 is 5.97 Å². The smallest absolute Gasteiger partial charge is 0.306 e. The van der Waals surface area contributed by atoms with Crippen LogP contribution < -0.4 is 4.74 Å². The summed E-state index contributed by atoms with van der Waals surface area (Å²) in [5.41, 5.74) is 0.857. The summed E-state index contributed by atoms with van der Waals surface area (Å²) in [4.78, 5) is 25.2. The van der Waals surface area contributed by atoms with Crippen LogP contribution in [0, 0.1) is 11.8 Å². The molecule has 5 nitrogen and oxygen atoms in total. The van der Waals surface area contributed by atoms with E-state index in [0.717, 1.165) is 5.56 Å². The number of methoxy groups -OCH3 is 1. The number of aliphatic carboxylic acids is 1. The quantitative estimate of drug-likeness (QED) is 0.894. The average molecular weight is 340 g/mol. The Morgan fingerprint density at radius 3 is 2.43 bits per heavy atom. The van der Waals surface area contributed by atoms with Gasteiger partial charge in [0.15, 0.2) is 0 Å². The predicted molar refractivity (Wildman–Crippen MR) is 87.6 cm³/mol. The molecule has 0 radical (unpaired) electrons. The second kappa shape index (κ2) is 7.68. The van der Waals surface area contributed by atoms with Gasteiger partial charge in [-0.15, -0.1) is 0 Å². The average Bonchev–Trinajstić information content (AvgIpc) is 2.54. The van der Waals surface area contributed by atoms with Crippen LogP contribution in [0.15, 0.2) is 18.2 Å². The van der Waals surface area contributed by atoms with Crippen molar-refractivity contribution in [2.75, 3.05) is 14.2 Å². The van der Waals surface area contributed by atoms with Gasteiger partial charge in [-0.25, -0.2) is 0 Å². The highest BCUT2D eigenvalue weighted by Crippen LogP contribution is 2.31. The molecule has 0 bridgehead atoms. The Kier molecular flexibility index (Phi) is 5.88. The lowest BCUT2D eigenvalue weighted by molar-refractivity contribution is -0.145. The molecule has 1 amide bonds. The van der Waals surface area contributed by atoms with E-state index < -0.39 is 5.97 Å². The van der Waals surface area contributed by atoms with Crippen LogP contribution in [0.3, 0.4) is 0 Å². The molecule has 0 atom stereocenters. The van der Waals surface area contributed by atoms with Crippen molar-refractivity contribution in [3.63, 3.8) is 0 Å². The molecule has 0 heterocycles. The highest BCUT2D eigenvalue weighted by molar-refractivity contribution is 6.30. The fourth-order valence-electron chi connectivity index (χ4n) is 3.10. The van der Waals surface area contributed by atoms with Crippen molar-refractivity contribution in [3.8, 4) is 5.75 Å². The second-order valence-electron chi connectivity index (χ2n) is 6.04. The van der Waals surface area contributed by atoms with Crippen LogP contribution in [0.4, 0.5) is 0 Å². The Balaban J connectivity index is 1.98. The molecule has 1 aromatic carbocycles. The number of carboxylic acids is 1. The number of ether oxygens (including phenoxy) is 1. The molecule has 0 aromatic heterocycles. The first kappa shape index (κ1) is 17.6. The zero-order valence-corrected chi connectivity index (χ0v) is 14.2. The van der Waals surface area contributed by atoms with Crippen molar-refractivity contribution in [1.29, 1.82) is 0 Å². The van der Waals surface area contributed by atoms with Crippen molar-refractivity contribution in [3.05, 3.63) is 28.8 Å². The van der Waals surface area contributed by atoms with E-state index in [1.165, 1.54) is 0 Å². The fraction of sp³-hybridized carbons (Fsp3) is 0.529. The van der Waals surface area contributed by atoms with Crippen LogP contribution in [0.2, 0.25) is 5.02 Å². The summed E-state index contributed by atoms with van der Waals surface area (Å²) < 4.78 is 5.30. The van der Waals surface area contributed by atoms with E-state index in [1.807, 2.05) is 0 Å². The highest BCUT2D eigenvalue weighted by atomic mass is 35.5. The molecule has 1 fully saturated rings. The minimum atomic E-state index is -0.757. The summed E-state index contributed by atoms with van der Waals surface area (Å²) in [6, 6.07) is 5.33. The number of benzene rings is 1. The summed E-state index contributed by atoms with van der Waals surface area (Å²) in [5.74, 6) is -0.412. The van der Waals surface area contributed by atoms with Crippen molar-refractivity contribution < 1.29 is 19.4 Å². The van der Waals surface area contributed by atoms with Gasteiger partial charge in [0.1, 0.15) is 5.75 Å². The molecule has 1 aliphatic rings. The van der Waals surface area contributed by atoms with Crippen LogP contribution in [-0.2, 0) is 16.1 Å². The lowest BCUT2D eigenvalue weighted by Crippen LogP contribution is -2.35. The van der Waals surface area contributed by atoms with Crippen LogP contribution in [0.5, 0.6) is 5.75 Å². The largest absolute Gasteiger partial charge is 0.496 e. The van der Waals surface area contributed by atoms with Crippen molar-refractivity contribution >= 4 is 23.5 Å². The minimum absolute atomic E-state index is 0.0517. The van der Waals surface area contributed by atoms with E-state index in [2.05, 4.69) is 0 Å². The van der Waals surface area contributed by atoms with Crippen molar-refractivity contribution in [2.45, 2.75) is 32.2 Å². The zero-order valence-electron chi connectivity index (χ0n) is 13.4. The molecule has 0 aliphatic heterocycles. The third-order valence-electron chi connectivity index (χ3n) is 4.45.